The van der Waals surface area contributed by atoms with Crippen molar-refractivity contribution in [2.24, 2.45) is 0 Å². The largest absolute Gasteiger partial charge is 0.491 e. The molecule has 1 heterocycles. The maximum atomic E-state index is 12.1. The number of hydrogen-bond donors (Lipinski definition) is 1. The minimum absolute atomic E-state index is 0.295. The number of benzene rings is 1. The Hall–Kier alpha value is -2.11. The first-order valence-electron chi connectivity index (χ1n) is 6.33. The van der Waals surface area contributed by atoms with Crippen LogP contribution in [0.15, 0.2) is 42.7 Å². The predicted molar refractivity (Wildman–Crippen MR) is 81.0 cm³/mol. The zero-order valence-electron chi connectivity index (χ0n) is 11.5. The number of hydrogen-bond acceptors (Lipinski definition) is 4. The molecular formula is C15H15ClN2O3. The van der Waals surface area contributed by atoms with Crippen molar-refractivity contribution in [1.29, 1.82) is 0 Å². The summed E-state index contributed by atoms with van der Waals surface area (Å²) >= 11 is 5.94. The Balaban J connectivity index is 2.04. The molecule has 0 aliphatic heterocycles. The van der Waals surface area contributed by atoms with E-state index in [-0.39, 0.29) is 5.91 Å². The van der Waals surface area contributed by atoms with E-state index in [0.29, 0.717) is 35.2 Å². The van der Waals surface area contributed by atoms with Crippen molar-refractivity contribution in [3.05, 3.63) is 53.3 Å². The monoisotopic (exact) mass is 306 g/mol. The van der Waals surface area contributed by atoms with Crippen LogP contribution in [0.25, 0.3) is 0 Å². The summed E-state index contributed by atoms with van der Waals surface area (Å²) < 4.78 is 10.4. The molecule has 2 rings (SSSR count). The number of carbonyl (C=O) groups is 1. The van der Waals surface area contributed by atoms with Crippen LogP contribution in [0.1, 0.15) is 10.4 Å². The van der Waals surface area contributed by atoms with Gasteiger partial charge in [0.25, 0.3) is 5.91 Å². The lowest BCUT2D eigenvalue weighted by Crippen LogP contribution is -2.12. The molecule has 0 aliphatic carbocycles. The van der Waals surface area contributed by atoms with Crippen molar-refractivity contribution in [3.8, 4) is 5.75 Å². The van der Waals surface area contributed by atoms with E-state index in [2.05, 4.69) is 10.3 Å². The number of nitrogens with zero attached hydrogens (tertiary/aromatic N) is 1. The molecule has 110 valence electrons. The Kier molecular flexibility index (Phi) is 5.54. The van der Waals surface area contributed by atoms with Gasteiger partial charge in [0.1, 0.15) is 12.4 Å². The molecule has 0 saturated carbocycles. The fraction of sp³-hybridized carbons (Fsp3) is 0.200. The van der Waals surface area contributed by atoms with E-state index in [1.165, 1.54) is 12.4 Å². The molecule has 0 atom stereocenters. The Bertz CT molecular complexity index is 619. The second-order valence-electron chi connectivity index (χ2n) is 4.18. The van der Waals surface area contributed by atoms with Crippen LogP contribution in [-0.2, 0) is 4.74 Å². The number of anilines is 1. The highest BCUT2D eigenvalue weighted by molar-refractivity contribution is 6.34. The van der Waals surface area contributed by atoms with Gasteiger partial charge in [-0.3, -0.25) is 9.78 Å². The van der Waals surface area contributed by atoms with Gasteiger partial charge in [0.15, 0.2) is 0 Å². The summed E-state index contributed by atoms with van der Waals surface area (Å²) in [4.78, 5) is 16.0. The number of rotatable bonds is 6. The number of ether oxygens (including phenoxy) is 2. The maximum absolute atomic E-state index is 12.1. The Morgan fingerprint density at radius 1 is 1.33 bits per heavy atom. The van der Waals surface area contributed by atoms with Crippen LogP contribution in [0.2, 0.25) is 5.02 Å². The summed E-state index contributed by atoms with van der Waals surface area (Å²) in [7, 11) is 1.61. The van der Waals surface area contributed by atoms with E-state index >= 15 is 0 Å². The van der Waals surface area contributed by atoms with Crippen LogP contribution in [0.3, 0.4) is 0 Å². The standard InChI is InChI=1S/C15H15ClN2O3/c1-20-7-8-21-12-4-2-3-11(9-12)18-15(19)13-5-6-17-10-14(13)16/h2-6,9-10H,7-8H2,1H3,(H,18,19). The Labute approximate surface area is 127 Å². The van der Waals surface area contributed by atoms with Crippen molar-refractivity contribution in [2.75, 3.05) is 25.6 Å². The van der Waals surface area contributed by atoms with E-state index in [1.54, 1.807) is 31.4 Å². The average Bonchev–Trinajstić information content (AvgIpc) is 2.48. The van der Waals surface area contributed by atoms with Crippen molar-refractivity contribution in [1.82, 2.24) is 4.98 Å². The van der Waals surface area contributed by atoms with Crippen molar-refractivity contribution in [2.45, 2.75) is 0 Å². The Morgan fingerprint density at radius 3 is 2.95 bits per heavy atom. The summed E-state index contributed by atoms with van der Waals surface area (Å²) in [6, 6.07) is 8.69. The number of pyridine rings is 1. The highest BCUT2D eigenvalue weighted by atomic mass is 35.5. The molecule has 1 aromatic carbocycles. The van der Waals surface area contributed by atoms with E-state index in [1.807, 2.05) is 6.07 Å². The highest BCUT2D eigenvalue weighted by Crippen LogP contribution is 2.20. The normalized spacial score (nSPS) is 10.2. The maximum Gasteiger partial charge on any atom is 0.257 e. The summed E-state index contributed by atoms with van der Waals surface area (Å²) in [5.74, 6) is 0.363. The van der Waals surface area contributed by atoms with Gasteiger partial charge in [-0.2, -0.15) is 0 Å². The molecule has 5 nitrogen and oxygen atoms in total. The van der Waals surface area contributed by atoms with E-state index in [4.69, 9.17) is 21.1 Å². The van der Waals surface area contributed by atoms with Gasteiger partial charge < -0.3 is 14.8 Å². The molecule has 21 heavy (non-hydrogen) atoms. The number of aromatic nitrogens is 1. The molecular weight excluding hydrogens is 292 g/mol. The third-order valence-electron chi connectivity index (χ3n) is 2.67. The molecule has 0 saturated heterocycles. The lowest BCUT2D eigenvalue weighted by atomic mass is 10.2. The lowest BCUT2D eigenvalue weighted by Gasteiger charge is -2.09. The second kappa shape index (κ2) is 7.61. The molecule has 0 aliphatic rings. The van der Waals surface area contributed by atoms with Crippen LogP contribution < -0.4 is 10.1 Å². The molecule has 1 N–H and O–H groups in total. The van der Waals surface area contributed by atoms with E-state index in [9.17, 15) is 4.79 Å². The molecule has 0 fully saturated rings. The van der Waals surface area contributed by atoms with Gasteiger partial charge in [0.2, 0.25) is 0 Å². The molecule has 2 aromatic rings. The third kappa shape index (κ3) is 4.44. The molecule has 0 unspecified atom stereocenters. The van der Waals surface area contributed by atoms with Crippen molar-refractivity contribution in [3.63, 3.8) is 0 Å². The number of halogens is 1. The summed E-state index contributed by atoms with van der Waals surface area (Å²) in [5.41, 5.74) is 1.00. The SMILES string of the molecule is COCCOc1cccc(NC(=O)c2ccncc2Cl)c1. The van der Waals surface area contributed by atoms with E-state index in [0.717, 1.165) is 0 Å². The molecule has 1 amide bonds. The third-order valence-corrected chi connectivity index (χ3v) is 2.97. The quantitative estimate of drug-likeness (QED) is 0.833. The first-order valence-corrected chi connectivity index (χ1v) is 6.71. The summed E-state index contributed by atoms with van der Waals surface area (Å²) in [6.45, 7) is 0.952. The topological polar surface area (TPSA) is 60.5 Å². The van der Waals surface area contributed by atoms with Gasteiger partial charge in [-0.15, -0.1) is 0 Å². The van der Waals surface area contributed by atoms with Gasteiger partial charge in [0, 0.05) is 31.3 Å². The number of nitrogens with one attached hydrogen (secondary N) is 1. The van der Waals surface area contributed by atoms with Gasteiger partial charge in [-0.1, -0.05) is 17.7 Å². The van der Waals surface area contributed by atoms with Crippen molar-refractivity contribution >= 4 is 23.2 Å². The minimum Gasteiger partial charge on any atom is -0.491 e. The molecule has 0 bridgehead atoms. The fourth-order valence-electron chi connectivity index (χ4n) is 1.66. The van der Waals surface area contributed by atoms with E-state index < -0.39 is 0 Å². The van der Waals surface area contributed by atoms with Crippen molar-refractivity contribution < 1.29 is 14.3 Å². The minimum atomic E-state index is -0.295. The summed E-state index contributed by atoms with van der Waals surface area (Å²) in [6.07, 6.45) is 2.95. The lowest BCUT2D eigenvalue weighted by molar-refractivity contribution is 0.102. The molecule has 0 radical (unpaired) electrons. The smallest absolute Gasteiger partial charge is 0.257 e. The highest BCUT2D eigenvalue weighted by Gasteiger charge is 2.10. The van der Waals surface area contributed by atoms with Crippen LogP contribution >= 0.6 is 11.6 Å². The van der Waals surface area contributed by atoms with Gasteiger partial charge >= 0.3 is 0 Å². The zero-order chi connectivity index (χ0) is 15.1. The van der Waals surface area contributed by atoms with Crippen LogP contribution in [0, 0.1) is 0 Å². The van der Waals surface area contributed by atoms with Crippen LogP contribution in [0.5, 0.6) is 5.75 Å². The number of methoxy groups -OCH3 is 1. The summed E-state index contributed by atoms with van der Waals surface area (Å²) in [5, 5.41) is 3.08. The first kappa shape index (κ1) is 15.3. The van der Waals surface area contributed by atoms with Gasteiger partial charge in [-0.25, -0.2) is 0 Å². The second-order valence-corrected chi connectivity index (χ2v) is 4.59. The van der Waals surface area contributed by atoms with Crippen LogP contribution in [0.4, 0.5) is 5.69 Å². The van der Waals surface area contributed by atoms with Gasteiger partial charge in [-0.05, 0) is 18.2 Å². The predicted octanol–water partition coefficient (Wildman–Crippen LogP) is 3.01. The Morgan fingerprint density at radius 2 is 2.19 bits per heavy atom. The van der Waals surface area contributed by atoms with Crippen LogP contribution in [-0.4, -0.2) is 31.2 Å². The molecule has 0 spiro atoms. The molecule has 1 aromatic heterocycles. The number of amides is 1. The fourth-order valence-corrected chi connectivity index (χ4v) is 1.87. The first-order chi connectivity index (χ1) is 10.2. The average molecular weight is 307 g/mol. The molecule has 6 heteroatoms. The van der Waals surface area contributed by atoms with Gasteiger partial charge in [0.05, 0.1) is 17.2 Å². The number of carbonyl (C=O) groups excluding carboxylic acids is 1. The zero-order valence-corrected chi connectivity index (χ0v) is 12.3.